The van der Waals surface area contributed by atoms with Crippen LogP contribution in [0.25, 0.3) is 0 Å². The highest BCUT2D eigenvalue weighted by Gasteiger charge is 2.39. The first-order chi connectivity index (χ1) is 9.72. The van der Waals surface area contributed by atoms with Gasteiger partial charge in [-0.3, -0.25) is 4.79 Å². The fraction of sp³-hybridized carbons (Fsp3) is 0.588. The molecule has 0 bridgehead atoms. The highest BCUT2D eigenvalue weighted by atomic mass is 16.5. The molecule has 1 aromatic carbocycles. The van der Waals surface area contributed by atoms with E-state index in [2.05, 4.69) is 29.2 Å². The largest absolute Gasteiger partial charge is 0.378 e. The molecule has 0 atom stereocenters. The van der Waals surface area contributed by atoms with Gasteiger partial charge < -0.3 is 9.64 Å². The third-order valence-electron chi connectivity index (χ3n) is 4.93. The molecule has 0 aromatic heterocycles. The quantitative estimate of drug-likeness (QED) is 0.848. The molecule has 1 aromatic rings. The molecule has 1 aliphatic carbocycles. The van der Waals surface area contributed by atoms with E-state index in [9.17, 15) is 4.79 Å². The molecule has 108 valence electrons. The molecule has 1 aliphatic heterocycles. The van der Waals surface area contributed by atoms with Gasteiger partial charge in [-0.1, -0.05) is 25.0 Å². The third-order valence-corrected chi connectivity index (χ3v) is 4.93. The SMILES string of the molecule is CC(=O)C1(c2ccc(N3CCOCC3)cc2)CCCC1. The predicted molar refractivity (Wildman–Crippen MR) is 80.3 cm³/mol. The van der Waals surface area contributed by atoms with Crippen LogP contribution >= 0.6 is 0 Å². The number of ether oxygens (including phenoxy) is 1. The average Bonchev–Trinajstić information content (AvgIpc) is 2.99. The summed E-state index contributed by atoms with van der Waals surface area (Å²) in [5, 5.41) is 0. The zero-order valence-corrected chi connectivity index (χ0v) is 12.2. The Morgan fingerprint density at radius 2 is 1.70 bits per heavy atom. The number of ketones is 1. The van der Waals surface area contributed by atoms with Crippen LogP contribution in [0.4, 0.5) is 5.69 Å². The average molecular weight is 273 g/mol. The van der Waals surface area contributed by atoms with Gasteiger partial charge in [0.1, 0.15) is 5.78 Å². The summed E-state index contributed by atoms with van der Waals surface area (Å²) in [6.07, 6.45) is 4.37. The summed E-state index contributed by atoms with van der Waals surface area (Å²) in [5.74, 6) is 0.328. The van der Waals surface area contributed by atoms with Crippen molar-refractivity contribution in [1.29, 1.82) is 0 Å². The molecule has 0 radical (unpaired) electrons. The van der Waals surface area contributed by atoms with Crippen molar-refractivity contribution in [2.24, 2.45) is 0 Å². The summed E-state index contributed by atoms with van der Waals surface area (Å²) in [6, 6.07) is 8.67. The first-order valence-electron chi connectivity index (χ1n) is 7.67. The van der Waals surface area contributed by atoms with E-state index >= 15 is 0 Å². The van der Waals surface area contributed by atoms with Crippen molar-refractivity contribution in [3.8, 4) is 0 Å². The van der Waals surface area contributed by atoms with Gasteiger partial charge in [-0.15, -0.1) is 0 Å². The zero-order chi connectivity index (χ0) is 14.0. The molecule has 1 heterocycles. The summed E-state index contributed by atoms with van der Waals surface area (Å²) in [7, 11) is 0. The van der Waals surface area contributed by atoms with E-state index in [4.69, 9.17) is 4.74 Å². The Morgan fingerprint density at radius 1 is 1.10 bits per heavy atom. The molecule has 3 rings (SSSR count). The molecule has 0 unspecified atom stereocenters. The lowest BCUT2D eigenvalue weighted by Gasteiger charge is -2.30. The number of Topliss-reactive ketones (excluding diaryl/α,β-unsaturated/α-hetero) is 1. The smallest absolute Gasteiger partial charge is 0.140 e. The minimum atomic E-state index is -0.205. The highest BCUT2D eigenvalue weighted by Crippen LogP contribution is 2.42. The number of benzene rings is 1. The highest BCUT2D eigenvalue weighted by molar-refractivity contribution is 5.88. The molecule has 2 fully saturated rings. The van der Waals surface area contributed by atoms with E-state index in [0.29, 0.717) is 5.78 Å². The summed E-state index contributed by atoms with van der Waals surface area (Å²) >= 11 is 0. The van der Waals surface area contributed by atoms with Crippen LogP contribution in [0.5, 0.6) is 0 Å². The maximum absolute atomic E-state index is 12.1. The van der Waals surface area contributed by atoms with Gasteiger partial charge in [-0.25, -0.2) is 0 Å². The van der Waals surface area contributed by atoms with E-state index < -0.39 is 0 Å². The van der Waals surface area contributed by atoms with Crippen LogP contribution in [0.2, 0.25) is 0 Å². The maximum Gasteiger partial charge on any atom is 0.140 e. The lowest BCUT2D eigenvalue weighted by molar-refractivity contribution is -0.122. The molecule has 20 heavy (non-hydrogen) atoms. The fourth-order valence-electron chi connectivity index (χ4n) is 3.64. The monoisotopic (exact) mass is 273 g/mol. The Morgan fingerprint density at radius 3 is 2.25 bits per heavy atom. The van der Waals surface area contributed by atoms with E-state index in [1.807, 2.05) is 0 Å². The lowest BCUT2D eigenvalue weighted by atomic mass is 9.76. The van der Waals surface area contributed by atoms with Crippen molar-refractivity contribution in [2.45, 2.75) is 38.0 Å². The molecule has 1 saturated heterocycles. The molecular weight excluding hydrogens is 250 g/mol. The van der Waals surface area contributed by atoms with Crippen LogP contribution in [-0.2, 0) is 14.9 Å². The number of anilines is 1. The number of morpholine rings is 1. The summed E-state index contributed by atoms with van der Waals surface area (Å²) in [5.41, 5.74) is 2.25. The van der Waals surface area contributed by atoms with Gasteiger partial charge in [0, 0.05) is 18.8 Å². The second-order valence-electron chi connectivity index (χ2n) is 5.99. The van der Waals surface area contributed by atoms with Crippen molar-refractivity contribution < 1.29 is 9.53 Å². The van der Waals surface area contributed by atoms with Crippen molar-refractivity contribution in [3.63, 3.8) is 0 Å². The van der Waals surface area contributed by atoms with Crippen LogP contribution < -0.4 is 4.90 Å². The van der Waals surface area contributed by atoms with Crippen LogP contribution in [0.1, 0.15) is 38.2 Å². The summed E-state index contributed by atoms with van der Waals surface area (Å²) in [6.45, 7) is 5.27. The molecule has 0 N–H and O–H groups in total. The van der Waals surface area contributed by atoms with E-state index in [1.54, 1.807) is 6.92 Å². The van der Waals surface area contributed by atoms with Crippen molar-refractivity contribution in [1.82, 2.24) is 0 Å². The molecule has 3 nitrogen and oxygen atoms in total. The van der Waals surface area contributed by atoms with Gasteiger partial charge in [-0.2, -0.15) is 0 Å². The topological polar surface area (TPSA) is 29.5 Å². The first-order valence-corrected chi connectivity index (χ1v) is 7.67. The van der Waals surface area contributed by atoms with E-state index in [0.717, 1.165) is 39.1 Å². The number of carbonyl (C=O) groups excluding carboxylic acids is 1. The first kappa shape index (κ1) is 13.6. The lowest BCUT2D eigenvalue weighted by Crippen LogP contribution is -2.36. The van der Waals surface area contributed by atoms with Crippen molar-refractivity contribution in [3.05, 3.63) is 29.8 Å². The van der Waals surface area contributed by atoms with Gasteiger partial charge >= 0.3 is 0 Å². The van der Waals surface area contributed by atoms with E-state index in [-0.39, 0.29) is 5.41 Å². The number of rotatable bonds is 3. The van der Waals surface area contributed by atoms with Gasteiger partial charge in [0.25, 0.3) is 0 Å². The molecule has 3 heteroatoms. The Kier molecular flexibility index (Phi) is 3.79. The van der Waals surface area contributed by atoms with Crippen LogP contribution in [0, 0.1) is 0 Å². The molecule has 2 aliphatic rings. The third kappa shape index (κ3) is 2.35. The minimum Gasteiger partial charge on any atom is -0.378 e. The molecular formula is C17H23NO2. The van der Waals surface area contributed by atoms with Gasteiger partial charge in [0.15, 0.2) is 0 Å². The van der Waals surface area contributed by atoms with Crippen LogP contribution in [0.3, 0.4) is 0 Å². The maximum atomic E-state index is 12.1. The second-order valence-corrected chi connectivity index (χ2v) is 5.99. The summed E-state index contributed by atoms with van der Waals surface area (Å²) in [4.78, 5) is 14.5. The Bertz CT molecular complexity index is 468. The number of nitrogens with zero attached hydrogens (tertiary/aromatic N) is 1. The molecule has 0 amide bonds. The predicted octanol–water partition coefficient (Wildman–Crippen LogP) is 2.92. The van der Waals surface area contributed by atoms with Gasteiger partial charge in [0.2, 0.25) is 0 Å². The second kappa shape index (κ2) is 5.57. The van der Waals surface area contributed by atoms with Crippen LogP contribution in [0.15, 0.2) is 24.3 Å². The number of hydrogen-bond acceptors (Lipinski definition) is 3. The molecule has 1 saturated carbocycles. The molecule has 0 spiro atoms. The fourth-order valence-corrected chi connectivity index (χ4v) is 3.64. The zero-order valence-electron chi connectivity index (χ0n) is 12.2. The van der Waals surface area contributed by atoms with Gasteiger partial charge in [-0.05, 0) is 37.5 Å². The van der Waals surface area contributed by atoms with Crippen molar-refractivity contribution in [2.75, 3.05) is 31.2 Å². The minimum absolute atomic E-state index is 0.205. The van der Waals surface area contributed by atoms with Gasteiger partial charge in [0.05, 0.1) is 18.6 Å². The van der Waals surface area contributed by atoms with Crippen molar-refractivity contribution >= 4 is 11.5 Å². The normalized spacial score (nSPS) is 21.9. The van der Waals surface area contributed by atoms with E-state index in [1.165, 1.54) is 24.1 Å². The Labute approximate surface area is 120 Å². The number of carbonyl (C=O) groups is 1. The summed E-state index contributed by atoms with van der Waals surface area (Å²) < 4.78 is 5.39. The van der Waals surface area contributed by atoms with Crippen LogP contribution in [-0.4, -0.2) is 32.1 Å². The standard InChI is InChI=1S/C17H23NO2/c1-14(19)17(8-2-3-9-17)15-4-6-16(7-5-15)18-10-12-20-13-11-18/h4-7H,2-3,8-13H2,1H3. The Balaban J connectivity index is 1.83. The number of hydrogen-bond donors (Lipinski definition) is 0. The Hall–Kier alpha value is -1.35.